The fourth-order valence-corrected chi connectivity index (χ4v) is 4.01. The molecule has 7 nitrogen and oxygen atoms in total. The molecule has 0 spiro atoms. The molecule has 118 valence electrons. The lowest BCUT2D eigenvalue weighted by Gasteiger charge is -2.21. The molecule has 0 saturated carbocycles. The Kier molecular flexibility index (Phi) is 3.73. The normalized spacial score (nSPS) is 19.7. The van der Waals surface area contributed by atoms with Crippen molar-refractivity contribution in [3.8, 4) is 11.4 Å². The third-order valence-electron chi connectivity index (χ3n) is 3.88. The van der Waals surface area contributed by atoms with Gasteiger partial charge in [-0.1, -0.05) is 0 Å². The lowest BCUT2D eigenvalue weighted by atomic mass is 10.2. The van der Waals surface area contributed by atoms with Gasteiger partial charge < -0.3 is 0 Å². The van der Waals surface area contributed by atoms with E-state index in [1.165, 1.54) is 10.6 Å². The maximum Gasteiger partial charge on any atom is 0.211 e. The molecule has 2 aromatic heterocycles. The summed E-state index contributed by atoms with van der Waals surface area (Å²) in [4.78, 5) is 9.08. The molecular formula is C14H19N5O2S. The van der Waals surface area contributed by atoms with Crippen LogP contribution < -0.4 is 0 Å². The highest BCUT2D eigenvalue weighted by Crippen LogP contribution is 2.33. The molecular weight excluding hydrogens is 302 g/mol. The largest absolute Gasteiger partial charge is 0.266 e. The van der Waals surface area contributed by atoms with E-state index in [9.17, 15) is 8.42 Å². The second kappa shape index (κ2) is 5.44. The van der Waals surface area contributed by atoms with Crippen LogP contribution in [0, 0.1) is 6.92 Å². The van der Waals surface area contributed by atoms with Crippen molar-refractivity contribution < 1.29 is 8.42 Å². The Morgan fingerprint density at radius 3 is 2.73 bits per heavy atom. The molecule has 1 atom stereocenters. The van der Waals surface area contributed by atoms with E-state index in [1.54, 1.807) is 10.9 Å². The van der Waals surface area contributed by atoms with E-state index in [0.717, 1.165) is 29.9 Å². The van der Waals surface area contributed by atoms with Crippen LogP contribution in [-0.2, 0) is 17.1 Å². The fourth-order valence-electron chi connectivity index (χ4n) is 2.89. The first-order valence-electron chi connectivity index (χ1n) is 7.17. The summed E-state index contributed by atoms with van der Waals surface area (Å²) in [6.07, 6.45) is 4.53. The van der Waals surface area contributed by atoms with Gasteiger partial charge >= 0.3 is 0 Å². The molecule has 1 aliphatic heterocycles. The van der Waals surface area contributed by atoms with Gasteiger partial charge in [0.1, 0.15) is 5.82 Å². The first-order chi connectivity index (χ1) is 10.4. The summed E-state index contributed by atoms with van der Waals surface area (Å²) in [5.41, 5.74) is 2.47. The molecule has 1 fully saturated rings. The van der Waals surface area contributed by atoms with Gasteiger partial charge in [0.25, 0.3) is 0 Å². The van der Waals surface area contributed by atoms with Crippen LogP contribution in [0.4, 0.5) is 0 Å². The molecule has 3 heterocycles. The second-order valence-electron chi connectivity index (χ2n) is 5.62. The molecule has 1 saturated heterocycles. The van der Waals surface area contributed by atoms with Crippen molar-refractivity contribution in [3.05, 3.63) is 29.8 Å². The van der Waals surface area contributed by atoms with Gasteiger partial charge in [-0.3, -0.25) is 4.68 Å². The maximum atomic E-state index is 11.9. The fraction of sp³-hybridized carbons (Fsp3) is 0.500. The van der Waals surface area contributed by atoms with Crippen LogP contribution >= 0.6 is 0 Å². The van der Waals surface area contributed by atoms with Crippen molar-refractivity contribution in [2.75, 3.05) is 12.8 Å². The van der Waals surface area contributed by atoms with Gasteiger partial charge in [-0.05, 0) is 31.9 Å². The summed E-state index contributed by atoms with van der Waals surface area (Å²) in [5.74, 6) is 0.569. The average Bonchev–Trinajstić information content (AvgIpc) is 3.05. The monoisotopic (exact) mass is 321 g/mol. The van der Waals surface area contributed by atoms with Gasteiger partial charge in [0, 0.05) is 25.5 Å². The van der Waals surface area contributed by atoms with Crippen molar-refractivity contribution >= 4 is 10.0 Å². The van der Waals surface area contributed by atoms with Gasteiger partial charge in [-0.25, -0.2) is 18.4 Å². The average molecular weight is 321 g/mol. The lowest BCUT2D eigenvalue weighted by molar-refractivity contribution is 0.386. The first kappa shape index (κ1) is 15.1. The standard InChI is InChI=1S/C14H19N5O2S/c1-10-9-11(12-6-7-15-18(12)2)17-14(16-10)13-5-4-8-19(13)22(3,20)21/h6-7,9,13H,4-5,8H2,1-3H3/t13-/m1/s1. The topological polar surface area (TPSA) is 81.0 Å². The Balaban J connectivity index is 2.05. The molecule has 0 aromatic carbocycles. The van der Waals surface area contributed by atoms with Crippen LogP contribution in [0.2, 0.25) is 0 Å². The second-order valence-corrected chi connectivity index (χ2v) is 7.56. The molecule has 22 heavy (non-hydrogen) atoms. The van der Waals surface area contributed by atoms with Crippen molar-refractivity contribution in [2.45, 2.75) is 25.8 Å². The van der Waals surface area contributed by atoms with Crippen LogP contribution in [0.25, 0.3) is 11.4 Å². The summed E-state index contributed by atoms with van der Waals surface area (Å²) in [5, 5.41) is 4.15. The predicted molar refractivity (Wildman–Crippen MR) is 82.5 cm³/mol. The Labute approximate surface area is 130 Å². The van der Waals surface area contributed by atoms with E-state index < -0.39 is 10.0 Å². The maximum absolute atomic E-state index is 11.9. The predicted octanol–water partition coefficient (Wildman–Crippen LogP) is 1.28. The summed E-state index contributed by atoms with van der Waals surface area (Å²) in [7, 11) is -1.40. The number of rotatable bonds is 3. The molecule has 1 aliphatic rings. The van der Waals surface area contributed by atoms with E-state index in [2.05, 4.69) is 15.1 Å². The number of hydrogen-bond acceptors (Lipinski definition) is 5. The molecule has 0 aliphatic carbocycles. The summed E-state index contributed by atoms with van der Waals surface area (Å²) in [6.45, 7) is 2.42. The Hall–Kier alpha value is -1.80. The van der Waals surface area contributed by atoms with Gasteiger partial charge in [0.2, 0.25) is 10.0 Å². The van der Waals surface area contributed by atoms with Gasteiger partial charge in [0.05, 0.1) is 23.7 Å². The Morgan fingerprint density at radius 2 is 2.09 bits per heavy atom. The van der Waals surface area contributed by atoms with Gasteiger partial charge in [0.15, 0.2) is 0 Å². The van der Waals surface area contributed by atoms with Gasteiger partial charge in [-0.15, -0.1) is 0 Å². The summed E-state index contributed by atoms with van der Waals surface area (Å²) in [6, 6.07) is 3.50. The Bertz CT molecular complexity index is 799. The molecule has 0 radical (unpaired) electrons. The van der Waals surface area contributed by atoms with E-state index in [-0.39, 0.29) is 6.04 Å². The number of aromatic nitrogens is 4. The summed E-state index contributed by atoms with van der Waals surface area (Å²) < 4.78 is 27.1. The highest BCUT2D eigenvalue weighted by Gasteiger charge is 2.34. The minimum atomic E-state index is -3.25. The molecule has 0 unspecified atom stereocenters. The number of sulfonamides is 1. The van der Waals surface area contributed by atoms with Crippen molar-refractivity contribution in [3.63, 3.8) is 0 Å². The first-order valence-corrected chi connectivity index (χ1v) is 9.02. The highest BCUT2D eigenvalue weighted by molar-refractivity contribution is 7.88. The van der Waals surface area contributed by atoms with Crippen LogP contribution in [-0.4, -0.2) is 45.3 Å². The van der Waals surface area contributed by atoms with Crippen molar-refractivity contribution in [1.82, 2.24) is 24.1 Å². The van der Waals surface area contributed by atoms with Crippen LogP contribution in [0.15, 0.2) is 18.3 Å². The summed E-state index contributed by atoms with van der Waals surface area (Å²) >= 11 is 0. The van der Waals surface area contributed by atoms with Crippen LogP contribution in [0.1, 0.15) is 30.4 Å². The van der Waals surface area contributed by atoms with E-state index >= 15 is 0 Å². The highest BCUT2D eigenvalue weighted by atomic mass is 32.2. The zero-order valence-corrected chi connectivity index (χ0v) is 13.7. The third kappa shape index (κ3) is 2.76. The number of hydrogen-bond donors (Lipinski definition) is 0. The number of aryl methyl sites for hydroxylation is 2. The molecule has 3 rings (SSSR count). The quantitative estimate of drug-likeness (QED) is 0.850. The minimum absolute atomic E-state index is 0.276. The Morgan fingerprint density at radius 1 is 1.32 bits per heavy atom. The van der Waals surface area contributed by atoms with E-state index in [0.29, 0.717) is 12.4 Å². The molecule has 0 amide bonds. The SMILES string of the molecule is Cc1cc(-c2ccnn2C)nc([C@H]2CCCN2S(C)(=O)=O)n1. The van der Waals surface area contributed by atoms with Crippen LogP contribution in [0.3, 0.4) is 0 Å². The van der Waals surface area contributed by atoms with Crippen LogP contribution in [0.5, 0.6) is 0 Å². The molecule has 8 heteroatoms. The van der Waals surface area contributed by atoms with Gasteiger partial charge in [-0.2, -0.15) is 9.40 Å². The van der Waals surface area contributed by atoms with Crippen molar-refractivity contribution in [2.24, 2.45) is 7.05 Å². The van der Waals surface area contributed by atoms with E-state index in [1.807, 2.05) is 26.1 Å². The zero-order valence-electron chi connectivity index (χ0n) is 12.9. The lowest BCUT2D eigenvalue weighted by Crippen LogP contribution is -2.30. The number of nitrogens with zero attached hydrogens (tertiary/aromatic N) is 5. The van der Waals surface area contributed by atoms with Crippen molar-refractivity contribution in [1.29, 1.82) is 0 Å². The smallest absolute Gasteiger partial charge is 0.211 e. The minimum Gasteiger partial charge on any atom is -0.266 e. The molecule has 2 aromatic rings. The zero-order chi connectivity index (χ0) is 15.9. The van der Waals surface area contributed by atoms with E-state index in [4.69, 9.17) is 0 Å². The molecule has 0 N–H and O–H groups in total. The molecule has 0 bridgehead atoms. The third-order valence-corrected chi connectivity index (χ3v) is 5.17.